The summed E-state index contributed by atoms with van der Waals surface area (Å²) < 4.78 is 30.6. The van der Waals surface area contributed by atoms with Crippen LogP contribution in [0.5, 0.6) is 0 Å². The first kappa shape index (κ1) is 14.9. The van der Waals surface area contributed by atoms with Gasteiger partial charge in [0.05, 0.1) is 4.90 Å². The molecule has 0 aliphatic carbocycles. The fraction of sp³-hybridized carbons (Fsp3) is 0.0588. The highest BCUT2D eigenvalue weighted by molar-refractivity contribution is 8.00. The molecule has 0 bridgehead atoms. The van der Waals surface area contributed by atoms with Crippen LogP contribution in [0.4, 0.5) is 0 Å². The molecular weight excluding hydrogens is 284 g/mol. The molecule has 0 heterocycles. The molecule has 0 aliphatic heterocycles. The molecule has 0 spiro atoms. The molecule has 4 heteroatoms. The Balaban J connectivity index is 2.51. The Kier molecular flexibility index (Phi) is 4.81. The molecule has 0 fully saturated rings. The van der Waals surface area contributed by atoms with Crippen molar-refractivity contribution in [2.75, 3.05) is 6.61 Å². The van der Waals surface area contributed by atoms with Crippen molar-refractivity contribution >= 4 is 14.7 Å². The molecule has 21 heavy (non-hydrogen) atoms. The monoisotopic (exact) mass is 298 g/mol. The summed E-state index contributed by atoms with van der Waals surface area (Å²) in [4.78, 5) is 0.300. The highest BCUT2D eigenvalue weighted by atomic mass is 32.2. The second-order valence-electron chi connectivity index (χ2n) is 4.18. The third-order valence-electron chi connectivity index (χ3n) is 2.76. The van der Waals surface area contributed by atoms with Crippen LogP contribution in [0, 0.1) is 12.3 Å². The van der Waals surface area contributed by atoms with Gasteiger partial charge in [-0.1, -0.05) is 54.5 Å². The number of sulfone groups is 1. The van der Waals surface area contributed by atoms with Crippen molar-refractivity contribution in [1.82, 2.24) is 0 Å². The fourth-order valence-electron chi connectivity index (χ4n) is 1.78. The third kappa shape index (κ3) is 3.53. The van der Waals surface area contributed by atoms with E-state index >= 15 is 0 Å². The van der Waals surface area contributed by atoms with Gasteiger partial charge in [0.1, 0.15) is 17.8 Å². The number of hydrogen-bond acceptors (Lipinski definition) is 3. The lowest BCUT2D eigenvalue weighted by molar-refractivity contribution is 0.299. The fourth-order valence-corrected chi connectivity index (χ4v) is 3.19. The van der Waals surface area contributed by atoms with E-state index in [2.05, 4.69) is 5.92 Å². The Bertz CT molecular complexity index is 755. The van der Waals surface area contributed by atoms with Crippen molar-refractivity contribution in [3.8, 4) is 12.3 Å². The van der Waals surface area contributed by atoms with E-state index < -0.39 is 9.84 Å². The van der Waals surface area contributed by atoms with E-state index in [9.17, 15) is 8.42 Å². The Morgan fingerprint density at radius 2 is 1.62 bits per heavy atom. The van der Waals surface area contributed by atoms with Crippen molar-refractivity contribution in [2.45, 2.75) is 4.90 Å². The van der Waals surface area contributed by atoms with Crippen molar-refractivity contribution in [1.29, 1.82) is 0 Å². The van der Waals surface area contributed by atoms with Crippen LogP contribution >= 0.6 is 0 Å². The lowest BCUT2D eigenvalue weighted by atomic mass is 10.2. The minimum Gasteiger partial charge on any atom is -0.487 e. The molecular formula is C17H14O3S. The van der Waals surface area contributed by atoms with Gasteiger partial charge in [0.2, 0.25) is 9.84 Å². The topological polar surface area (TPSA) is 43.4 Å². The van der Waals surface area contributed by atoms with E-state index in [0.717, 1.165) is 0 Å². The maximum Gasteiger partial charge on any atom is 0.210 e. The minimum atomic E-state index is -3.67. The molecule has 0 aliphatic rings. The van der Waals surface area contributed by atoms with Gasteiger partial charge in [-0.15, -0.1) is 6.42 Å². The maximum atomic E-state index is 12.7. The van der Waals surface area contributed by atoms with Gasteiger partial charge in [0.25, 0.3) is 0 Å². The van der Waals surface area contributed by atoms with Crippen LogP contribution in [0.1, 0.15) is 5.56 Å². The molecule has 0 unspecified atom stereocenters. The zero-order valence-electron chi connectivity index (χ0n) is 11.3. The number of terminal acetylenes is 1. The van der Waals surface area contributed by atoms with Crippen LogP contribution in [-0.4, -0.2) is 15.0 Å². The summed E-state index contributed by atoms with van der Waals surface area (Å²) in [6.45, 7) is 0.0145. The summed E-state index contributed by atoms with van der Waals surface area (Å²) in [6.07, 6.45) is 6.33. The van der Waals surface area contributed by atoms with Gasteiger partial charge < -0.3 is 4.74 Å². The van der Waals surface area contributed by atoms with E-state index in [1.165, 1.54) is 6.26 Å². The Morgan fingerprint density at radius 3 is 2.19 bits per heavy atom. The first-order chi connectivity index (χ1) is 10.2. The predicted molar refractivity (Wildman–Crippen MR) is 82.8 cm³/mol. The largest absolute Gasteiger partial charge is 0.487 e. The standard InChI is InChI=1S/C17H14O3S/c1-2-13-20-14-17(15-9-5-3-6-10-15)21(18,19)16-11-7-4-8-12-16/h1,3-12,14H,13H2/b17-14-. The summed E-state index contributed by atoms with van der Waals surface area (Å²) in [6, 6.07) is 17.0. The third-order valence-corrected chi connectivity index (χ3v) is 4.56. The first-order valence-corrected chi connectivity index (χ1v) is 7.75. The second kappa shape index (κ2) is 6.78. The van der Waals surface area contributed by atoms with E-state index in [1.54, 1.807) is 54.6 Å². The van der Waals surface area contributed by atoms with Gasteiger partial charge >= 0.3 is 0 Å². The number of hydrogen-bond donors (Lipinski definition) is 0. The first-order valence-electron chi connectivity index (χ1n) is 6.27. The maximum absolute atomic E-state index is 12.7. The summed E-state index contributed by atoms with van der Waals surface area (Å²) >= 11 is 0. The minimum absolute atomic E-state index is 0.0145. The molecule has 2 aromatic rings. The van der Waals surface area contributed by atoms with Gasteiger partial charge in [-0.2, -0.15) is 0 Å². The predicted octanol–water partition coefficient (Wildman–Crippen LogP) is 3.11. The summed E-state index contributed by atoms with van der Waals surface area (Å²) in [5.74, 6) is 2.30. The van der Waals surface area contributed by atoms with E-state index in [4.69, 9.17) is 11.2 Å². The number of rotatable bonds is 5. The van der Waals surface area contributed by atoms with Crippen molar-refractivity contribution in [3.63, 3.8) is 0 Å². The molecule has 0 N–H and O–H groups in total. The van der Waals surface area contributed by atoms with Crippen molar-refractivity contribution < 1.29 is 13.2 Å². The number of ether oxygens (including phenoxy) is 1. The van der Waals surface area contributed by atoms with Crippen LogP contribution in [-0.2, 0) is 14.6 Å². The van der Waals surface area contributed by atoms with Gasteiger partial charge in [-0.25, -0.2) is 8.42 Å². The molecule has 3 nitrogen and oxygen atoms in total. The summed E-state index contributed by atoms with van der Waals surface area (Å²) in [7, 11) is -3.67. The average molecular weight is 298 g/mol. The Morgan fingerprint density at radius 1 is 1.05 bits per heavy atom. The Labute approximate surface area is 124 Å². The lowest BCUT2D eigenvalue weighted by Gasteiger charge is -2.09. The van der Waals surface area contributed by atoms with Crippen LogP contribution in [0.3, 0.4) is 0 Å². The molecule has 2 aromatic carbocycles. The van der Waals surface area contributed by atoms with Crippen LogP contribution in [0.25, 0.3) is 4.91 Å². The second-order valence-corrected chi connectivity index (χ2v) is 6.10. The SMILES string of the molecule is C#CCO/C=C(/c1ccccc1)S(=O)(=O)c1ccccc1. The van der Waals surface area contributed by atoms with Gasteiger partial charge in [-0.05, 0) is 17.7 Å². The quantitative estimate of drug-likeness (QED) is 0.484. The molecule has 2 rings (SSSR count). The summed E-state index contributed by atoms with van der Waals surface area (Å²) in [5, 5.41) is 0. The zero-order valence-corrected chi connectivity index (χ0v) is 12.1. The van der Waals surface area contributed by atoms with E-state index in [0.29, 0.717) is 5.56 Å². The highest BCUT2D eigenvalue weighted by Crippen LogP contribution is 2.27. The van der Waals surface area contributed by atoms with Gasteiger partial charge in [0.15, 0.2) is 0 Å². The zero-order chi connectivity index (χ0) is 15.1. The molecule has 0 saturated carbocycles. The van der Waals surface area contributed by atoms with Gasteiger partial charge in [0, 0.05) is 0 Å². The Hall–Kier alpha value is -2.51. The number of benzene rings is 2. The molecule has 0 saturated heterocycles. The van der Waals surface area contributed by atoms with Crippen molar-refractivity contribution in [2.24, 2.45) is 0 Å². The highest BCUT2D eigenvalue weighted by Gasteiger charge is 2.22. The normalized spacial score (nSPS) is 11.7. The van der Waals surface area contributed by atoms with E-state index in [1.807, 2.05) is 6.07 Å². The molecule has 106 valence electrons. The molecule has 0 radical (unpaired) electrons. The van der Waals surface area contributed by atoms with Crippen LogP contribution in [0.15, 0.2) is 71.8 Å². The van der Waals surface area contributed by atoms with Crippen LogP contribution in [0.2, 0.25) is 0 Å². The molecule has 0 aromatic heterocycles. The van der Waals surface area contributed by atoms with Gasteiger partial charge in [-0.3, -0.25) is 0 Å². The van der Waals surface area contributed by atoms with E-state index in [-0.39, 0.29) is 16.4 Å². The molecule has 0 amide bonds. The summed E-state index contributed by atoms with van der Waals surface area (Å²) in [5.41, 5.74) is 0.554. The molecule has 0 atom stereocenters. The van der Waals surface area contributed by atoms with Crippen molar-refractivity contribution in [3.05, 3.63) is 72.5 Å². The average Bonchev–Trinajstić information content (AvgIpc) is 2.53. The van der Waals surface area contributed by atoms with Crippen LogP contribution < -0.4 is 0 Å². The smallest absolute Gasteiger partial charge is 0.210 e. The lowest BCUT2D eigenvalue weighted by Crippen LogP contribution is -2.05.